The minimum absolute atomic E-state index is 0.0138. The van der Waals surface area contributed by atoms with Gasteiger partial charge >= 0.3 is 0 Å². The van der Waals surface area contributed by atoms with Gasteiger partial charge in [-0.3, -0.25) is 4.79 Å². The van der Waals surface area contributed by atoms with E-state index in [2.05, 4.69) is 32.8 Å². The average Bonchev–Trinajstić information content (AvgIpc) is 2.98. The Morgan fingerprint density at radius 2 is 2.21 bits per heavy atom. The number of amides is 1. The van der Waals surface area contributed by atoms with Gasteiger partial charge in [-0.05, 0) is 37.8 Å². The lowest BCUT2D eigenvalue weighted by Crippen LogP contribution is -2.30. The Labute approximate surface area is 148 Å². The normalized spacial score (nSPS) is 15.4. The van der Waals surface area contributed by atoms with Gasteiger partial charge in [0.2, 0.25) is 0 Å². The van der Waals surface area contributed by atoms with Gasteiger partial charge in [0.15, 0.2) is 0 Å². The minimum Gasteiger partial charge on any atom is -0.346 e. The first-order valence-corrected chi connectivity index (χ1v) is 9.68. The van der Waals surface area contributed by atoms with Crippen LogP contribution in [0.2, 0.25) is 0 Å². The number of aryl methyl sites for hydroxylation is 1. The number of rotatable bonds is 5. The summed E-state index contributed by atoms with van der Waals surface area (Å²) < 4.78 is 2.09. The summed E-state index contributed by atoms with van der Waals surface area (Å²) in [5, 5.41) is 8.77. The molecule has 1 fully saturated rings. The lowest BCUT2D eigenvalue weighted by Gasteiger charge is -2.14. The smallest absolute Gasteiger partial charge is 0.271 e. The van der Waals surface area contributed by atoms with E-state index >= 15 is 0 Å². The third-order valence-corrected chi connectivity index (χ3v) is 6.15. The lowest BCUT2D eigenvalue weighted by atomic mass is 10.2. The summed E-state index contributed by atoms with van der Waals surface area (Å²) in [4.78, 5) is 21.5. The quantitative estimate of drug-likeness (QED) is 0.755. The van der Waals surface area contributed by atoms with Crippen LogP contribution < -0.4 is 5.32 Å². The SMILES string of the molecule is Cc1ccc(-c2nc(C(=O)NC(c3nccs3)C3CC3)cs2)n1C. The Kier molecular flexibility index (Phi) is 3.97. The predicted molar refractivity (Wildman–Crippen MR) is 96.3 cm³/mol. The van der Waals surface area contributed by atoms with Crippen LogP contribution in [-0.2, 0) is 7.05 Å². The highest BCUT2D eigenvalue weighted by Gasteiger charge is 2.35. The van der Waals surface area contributed by atoms with Crippen molar-refractivity contribution < 1.29 is 4.79 Å². The molecule has 0 radical (unpaired) electrons. The topological polar surface area (TPSA) is 59.8 Å². The van der Waals surface area contributed by atoms with Crippen molar-refractivity contribution >= 4 is 28.6 Å². The van der Waals surface area contributed by atoms with E-state index in [1.165, 1.54) is 17.0 Å². The number of carbonyl (C=O) groups excluding carboxylic acids is 1. The van der Waals surface area contributed by atoms with E-state index in [-0.39, 0.29) is 11.9 Å². The summed E-state index contributed by atoms with van der Waals surface area (Å²) >= 11 is 3.10. The fourth-order valence-corrected chi connectivity index (χ4v) is 4.38. The van der Waals surface area contributed by atoms with Crippen LogP contribution in [0, 0.1) is 12.8 Å². The molecule has 1 saturated carbocycles. The maximum absolute atomic E-state index is 12.6. The van der Waals surface area contributed by atoms with Crippen molar-refractivity contribution in [3.05, 3.63) is 45.5 Å². The van der Waals surface area contributed by atoms with Crippen LogP contribution in [0.5, 0.6) is 0 Å². The molecule has 1 N–H and O–H groups in total. The van der Waals surface area contributed by atoms with Crippen molar-refractivity contribution in [1.82, 2.24) is 19.9 Å². The monoisotopic (exact) mass is 358 g/mol. The lowest BCUT2D eigenvalue weighted by molar-refractivity contribution is 0.0927. The van der Waals surface area contributed by atoms with Gasteiger partial charge in [0, 0.05) is 29.7 Å². The maximum atomic E-state index is 12.6. The molecule has 1 amide bonds. The molecule has 3 aromatic rings. The molecule has 4 rings (SSSR count). The molecular weight excluding hydrogens is 340 g/mol. The molecule has 3 aromatic heterocycles. The van der Waals surface area contributed by atoms with Gasteiger partial charge in [0.05, 0.1) is 11.7 Å². The van der Waals surface area contributed by atoms with Crippen molar-refractivity contribution in [2.24, 2.45) is 13.0 Å². The second-order valence-corrected chi connectivity index (χ2v) is 7.90. The molecule has 0 spiro atoms. The average molecular weight is 358 g/mol. The van der Waals surface area contributed by atoms with E-state index in [0.29, 0.717) is 11.6 Å². The van der Waals surface area contributed by atoms with Gasteiger partial charge in [-0.25, -0.2) is 9.97 Å². The summed E-state index contributed by atoms with van der Waals surface area (Å²) in [6.45, 7) is 2.05. The summed E-state index contributed by atoms with van der Waals surface area (Å²) in [7, 11) is 2.01. The molecule has 0 bridgehead atoms. The highest BCUT2D eigenvalue weighted by molar-refractivity contribution is 7.13. The van der Waals surface area contributed by atoms with Gasteiger partial charge in [-0.2, -0.15) is 0 Å². The molecular formula is C17H18N4OS2. The first-order valence-electron chi connectivity index (χ1n) is 7.92. The van der Waals surface area contributed by atoms with E-state index < -0.39 is 0 Å². The molecule has 5 nitrogen and oxygen atoms in total. The van der Waals surface area contributed by atoms with Crippen LogP contribution in [-0.4, -0.2) is 20.4 Å². The van der Waals surface area contributed by atoms with Crippen LogP contribution in [0.3, 0.4) is 0 Å². The van der Waals surface area contributed by atoms with E-state index in [4.69, 9.17) is 0 Å². The van der Waals surface area contributed by atoms with Gasteiger partial charge in [0.25, 0.3) is 5.91 Å². The molecule has 0 aromatic carbocycles. The summed E-state index contributed by atoms with van der Waals surface area (Å²) in [5.74, 6) is 0.393. The van der Waals surface area contributed by atoms with Crippen LogP contribution in [0.15, 0.2) is 29.1 Å². The number of nitrogens with zero attached hydrogens (tertiary/aromatic N) is 3. The zero-order valence-electron chi connectivity index (χ0n) is 13.5. The third-order valence-electron chi connectivity index (χ3n) is 4.43. The Bertz CT molecular complexity index is 861. The van der Waals surface area contributed by atoms with Gasteiger partial charge in [-0.1, -0.05) is 0 Å². The number of nitrogens with one attached hydrogen (secondary N) is 1. The van der Waals surface area contributed by atoms with Crippen molar-refractivity contribution in [3.8, 4) is 10.7 Å². The molecule has 0 saturated heterocycles. The maximum Gasteiger partial charge on any atom is 0.271 e. The van der Waals surface area contributed by atoms with E-state index in [9.17, 15) is 4.79 Å². The van der Waals surface area contributed by atoms with Crippen molar-refractivity contribution in [1.29, 1.82) is 0 Å². The number of carbonyl (C=O) groups is 1. The van der Waals surface area contributed by atoms with Crippen molar-refractivity contribution in [3.63, 3.8) is 0 Å². The Morgan fingerprint density at radius 1 is 1.38 bits per heavy atom. The molecule has 1 aliphatic rings. The number of thiazole rings is 2. The second kappa shape index (κ2) is 6.14. The van der Waals surface area contributed by atoms with E-state index in [0.717, 1.165) is 28.6 Å². The summed E-state index contributed by atoms with van der Waals surface area (Å²) in [5.41, 5.74) is 2.69. The highest BCUT2D eigenvalue weighted by atomic mass is 32.1. The third kappa shape index (κ3) is 2.89. The van der Waals surface area contributed by atoms with Crippen LogP contribution in [0.1, 0.15) is 40.1 Å². The zero-order valence-corrected chi connectivity index (χ0v) is 15.2. The summed E-state index contributed by atoms with van der Waals surface area (Å²) in [6, 6.07) is 4.11. The molecule has 7 heteroatoms. The first kappa shape index (κ1) is 15.5. The largest absolute Gasteiger partial charge is 0.346 e. The van der Waals surface area contributed by atoms with Crippen molar-refractivity contribution in [2.45, 2.75) is 25.8 Å². The first-order chi connectivity index (χ1) is 11.6. The van der Waals surface area contributed by atoms with Gasteiger partial charge in [-0.15, -0.1) is 22.7 Å². The molecule has 24 heavy (non-hydrogen) atoms. The van der Waals surface area contributed by atoms with E-state index in [1.807, 2.05) is 23.9 Å². The van der Waals surface area contributed by atoms with Gasteiger partial charge < -0.3 is 9.88 Å². The van der Waals surface area contributed by atoms with Gasteiger partial charge in [0.1, 0.15) is 15.7 Å². The van der Waals surface area contributed by atoms with Crippen LogP contribution >= 0.6 is 22.7 Å². The molecule has 124 valence electrons. The molecule has 1 atom stereocenters. The predicted octanol–water partition coefficient (Wildman–Crippen LogP) is 3.79. The fourth-order valence-electron chi connectivity index (χ4n) is 2.74. The molecule has 0 aliphatic heterocycles. The standard InChI is InChI=1S/C17H18N4OS2/c1-10-3-6-13(21(10)2)16-19-12(9-24-16)15(22)20-14(11-4-5-11)17-18-7-8-23-17/h3,6-9,11,14H,4-5H2,1-2H3,(H,20,22). The molecule has 1 aliphatic carbocycles. The van der Waals surface area contributed by atoms with Crippen LogP contribution in [0.4, 0.5) is 0 Å². The van der Waals surface area contributed by atoms with Crippen molar-refractivity contribution in [2.75, 3.05) is 0 Å². The zero-order chi connectivity index (χ0) is 16.7. The number of hydrogen-bond donors (Lipinski definition) is 1. The summed E-state index contributed by atoms with van der Waals surface area (Å²) in [6.07, 6.45) is 4.09. The van der Waals surface area contributed by atoms with Crippen LogP contribution in [0.25, 0.3) is 10.7 Å². The Hall–Kier alpha value is -1.99. The highest BCUT2D eigenvalue weighted by Crippen LogP contribution is 2.41. The molecule has 1 unspecified atom stereocenters. The van der Waals surface area contributed by atoms with E-state index in [1.54, 1.807) is 17.5 Å². The molecule has 3 heterocycles. The second-order valence-electron chi connectivity index (χ2n) is 6.12. The Balaban J connectivity index is 1.54. The number of hydrogen-bond acceptors (Lipinski definition) is 5. The minimum atomic E-state index is -0.115. The number of aromatic nitrogens is 3. The Morgan fingerprint density at radius 3 is 2.83 bits per heavy atom. The fraction of sp³-hybridized carbons (Fsp3) is 0.353.